The molecule has 0 amide bonds. The minimum absolute atomic E-state index is 0.0362. The van der Waals surface area contributed by atoms with E-state index in [0.29, 0.717) is 29.2 Å². The first-order valence-corrected chi connectivity index (χ1v) is 12.0. The summed E-state index contributed by atoms with van der Waals surface area (Å²) in [6.07, 6.45) is 1.03. The molecular weight excluding hydrogens is 467 g/mol. The Bertz CT molecular complexity index is 1000. The normalized spacial score (nSPS) is 13.1. The maximum atomic E-state index is 13.7. The molecule has 8 heteroatoms. The van der Waals surface area contributed by atoms with E-state index in [1.807, 2.05) is 19.9 Å². The zero-order valence-corrected chi connectivity index (χ0v) is 21.6. The summed E-state index contributed by atoms with van der Waals surface area (Å²) in [5.74, 6) is 0.196. The van der Waals surface area contributed by atoms with Gasteiger partial charge >= 0.3 is 5.97 Å². The Kier molecular flexibility index (Phi) is 11.9. The highest BCUT2D eigenvalue weighted by Crippen LogP contribution is 2.45. The van der Waals surface area contributed by atoms with Gasteiger partial charge in [-0.1, -0.05) is 38.1 Å². The SMILES string of the molecule is CCOC(=O)CC(O)CC(O)/C=C/c1c(C(C)C)cc(OC)c(OCCOC)c1-c1ccc(F)cc1. The smallest absolute Gasteiger partial charge is 0.308 e. The summed E-state index contributed by atoms with van der Waals surface area (Å²) < 4.78 is 35.4. The van der Waals surface area contributed by atoms with Crippen molar-refractivity contribution >= 4 is 12.0 Å². The van der Waals surface area contributed by atoms with E-state index in [0.717, 1.165) is 11.1 Å². The number of halogens is 1. The lowest BCUT2D eigenvalue weighted by Gasteiger charge is -2.22. The van der Waals surface area contributed by atoms with Gasteiger partial charge in [0.15, 0.2) is 11.5 Å². The van der Waals surface area contributed by atoms with Crippen LogP contribution in [-0.2, 0) is 14.3 Å². The van der Waals surface area contributed by atoms with Gasteiger partial charge in [-0.25, -0.2) is 4.39 Å². The van der Waals surface area contributed by atoms with Gasteiger partial charge in [0, 0.05) is 19.1 Å². The molecule has 2 N–H and O–H groups in total. The summed E-state index contributed by atoms with van der Waals surface area (Å²) in [6, 6.07) is 7.96. The highest BCUT2D eigenvalue weighted by Gasteiger charge is 2.22. The van der Waals surface area contributed by atoms with E-state index in [1.54, 1.807) is 45.4 Å². The van der Waals surface area contributed by atoms with E-state index >= 15 is 0 Å². The Balaban J connectivity index is 2.55. The molecule has 2 aromatic carbocycles. The summed E-state index contributed by atoms with van der Waals surface area (Å²) in [5.41, 5.74) is 3.09. The van der Waals surface area contributed by atoms with Crippen molar-refractivity contribution in [2.75, 3.05) is 34.0 Å². The van der Waals surface area contributed by atoms with Crippen molar-refractivity contribution in [3.63, 3.8) is 0 Å². The first kappa shape index (κ1) is 29.3. The molecule has 2 atom stereocenters. The van der Waals surface area contributed by atoms with Crippen LogP contribution in [0.2, 0.25) is 0 Å². The summed E-state index contributed by atoms with van der Waals surface area (Å²) in [4.78, 5) is 11.6. The summed E-state index contributed by atoms with van der Waals surface area (Å²) >= 11 is 0. The molecule has 0 aromatic heterocycles. The molecule has 0 aliphatic rings. The average Bonchev–Trinajstić information content (AvgIpc) is 2.83. The van der Waals surface area contributed by atoms with Crippen molar-refractivity contribution in [2.24, 2.45) is 0 Å². The van der Waals surface area contributed by atoms with Gasteiger partial charge in [0.05, 0.1) is 39.0 Å². The molecule has 0 bridgehead atoms. The highest BCUT2D eigenvalue weighted by molar-refractivity contribution is 5.85. The van der Waals surface area contributed by atoms with Crippen LogP contribution in [0.4, 0.5) is 4.39 Å². The van der Waals surface area contributed by atoms with E-state index in [-0.39, 0.29) is 37.8 Å². The maximum Gasteiger partial charge on any atom is 0.308 e. The Morgan fingerprint density at radius 3 is 2.39 bits per heavy atom. The van der Waals surface area contributed by atoms with Gasteiger partial charge in [-0.15, -0.1) is 0 Å². The molecule has 7 nitrogen and oxygen atoms in total. The van der Waals surface area contributed by atoms with Crippen molar-refractivity contribution in [1.29, 1.82) is 0 Å². The van der Waals surface area contributed by atoms with Crippen molar-refractivity contribution in [3.8, 4) is 22.6 Å². The lowest BCUT2D eigenvalue weighted by atomic mass is 9.88. The number of benzene rings is 2. The van der Waals surface area contributed by atoms with Gasteiger partial charge < -0.3 is 29.2 Å². The van der Waals surface area contributed by atoms with Gasteiger partial charge in [0.1, 0.15) is 12.4 Å². The van der Waals surface area contributed by atoms with Crippen LogP contribution in [0.25, 0.3) is 17.2 Å². The van der Waals surface area contributed by atoms with E-state index in [9.17, 15) is 19.4 Å². The van der Waals surface area contributed by atoms with E-state index < -0.39 is 18.2 Å². The molecule has 2 rings (SSSR count). The quantitative estimate of drug-likeness (QED) is 0.284. The minimum atomic E-state index is -1.05. The van der Waals surface area contributed by atoms with E-state index in [2.05, 4.69) is 0 Å². The largest absolute Gasteiger partial charge is 0.493 e. The van der Waals surface area contributed by atoms with Crippen molar-refractivity contribution < 1.29 is 38.3 Å². The van der Waals surface area contributed by atoms with Crippen molar-refractivity contribution in [2.45, 2.75) is 51.7 Å². The van der Waals surface area contributed by atoms with Crippen molar-refractivity contribution in [3.05, 3.63) is 53.4 Å². The average molecular weight is 505 g/mol. The fraction of sp³-hybridized carbons (Fsp3) is 0.464. The minimum Gasteiger partial charge on any atom is -0.493 e. The fourth-order valence-electron chi connectivity index (χ4n) is 3.82. The zero-order valence-electron chi connectivity index (χ0n) is 21.6. The topological polar surface area (TPSA) is 94.5 Å². The third-order valence-electron chi connectivity index (χ3n) is 5.53. The maximum absolute atomic E-state index is 13.7. The molecular formula is C28H37FO7. The van der Waals surface area contributed by atoms with Crippen LogP contribution in [0.5, 0.6) is 11.5 Å². The molecule has 0 saturated carbocycles. The first-order valence-electron chi connectivity index (χ1n) is 12.0. The summed E-state index contributed by atoms with van der Waals surface area (Å²) in [5, 5.41) is 20.7. The van der Waals surface area contributed by atoms with E-state index in [4.69, 9.17) is 18.9 Å². The number of aliphatic hydroxyl groups is 2. The standard InChI is InChI=1S/C28H37FO7/c1-6-35-26(32)16-22(31)15-21(30)11-12-23-24(18(2)3)17-25(34-5)28(36-14-13-33-4)27(23)19-7-9-20(29)10-8-19/h7-12,17-18,21-22,30-31H,6,13-16H2,1-5H3/b12-11+. The number of carbonyl (C=O) groups is 1. The Hall–Kier alpha value is -2.94. The van der Waals surface area contributed by atoms with Gasteiger partial charge in [0.2, 0.25) is 0 Å². The number of methoxy groups -OCH3 is 2. The van der Waals surface area contributed by atoms with Crippen LogP contribution in [0.15, 0.2) is 36.4 Å². The monoisotopic (exact) mass is 504 g/mol. The molecule has 0 saturated heterocycles. The molecule has 0 aliphatic carbocycles. The molecule has 0 fully saturated rings. The van der Waals surface area contributed by atoms with Crippen LogP contribution < -0.4 is 9.47 Å². The fourth-order valence-corrected chi connectivity index (χ4v) is 3.82. The van der Waals surface area contributed by atoms with Gasteiger partial charge in [0.25, 0.3) is 0 Å². The van der Waals surface area contributed by atoms with Crippen LogP contribution in [0.1, 0.15) is 50.7 Å². The number of esters is 1. The van der Waals surface area contributed by atoms with Crippen molar-refractivity contribution in [1.82, 2.24) is 0 Å². The molecule has 0 aliphatic heterocycles. The zero-order chi connectivity index (χ0) is 26.7. The first-order chi connectivity index (χ1) is 17.2. The van der Waals surface area contributed by atoms with Gasteiger partial charge in [-0.05, 0) is 47.7 Å². The van der Waals surface area contributed by atoms with Crippen LogP contribution in [0, 0.1) is 5.82 Å². The Morgan fingerprint density at radius 2 is 1.81 bits per heavy atom. The number of ether oxygens (including phenoxy) is 4. The summed E-state index contributed by atoms with van der Waals surface area (Å²) in [7, 11) is 3.14. The lowest BCUT2D eigenvalue weighted by molar-refractivity contribution is -0.145. The Labute approximate surface area is 212 Å². The third-order valence-corrected chi connectivity index (χ3v) is 5.53. The number of rotatable bonds is 14. The van der Waals surface area contributed by atoms with E-state index in [1.165, 1.54) is 12.1 Å². The van der Waals surface area contributed by atoms with Crippen LogP contribution in [0.3, 0.4) is 0 Å². The molecule has 36 heavy (non-hydrogen) atoms. The molecule has 0 spiro atoms. The second kappa shape index (κ2) is 14.6. The lowest BCUT2D eigenvalue weighted by Crippen LogP contribution is -2.20. The second-order valence-electron chi connectivity index (χ2n) is 8.61. The molecule has 2 unspecified atom stereocenters. The number of hydrogen-bond donors (Lipinski definition) is 2. The summed E-state index contributed by atoms with van der Waals surface area (Å²) in [6.45, 7) is 6.62. The highest BCUT2D eigenvalue weighted by atomic mass is 19.1. The number of aliphatic hydroxyl groups excluding tert-OH is 2. The number of hydrogen-bond acceptors (Lipinski definition) is 7. The van der Waals surface area contributed by atoms with Crippen LogP contribution in [-0.4, -0.2) is 62.4 Å². The number of carbonyl (C=O) groups excluding carboxylic acids is 1. The third kappa shape index (κ3) is 8.33. The predicted molar refractivity (Wildman–Crippen MR) is 137 cm³/mol. The predicted octanol–water partition coefficient (Wildman–Crippen LogP) is 4.73. The van der Waals surface area contributed by atoms with Gasteiger partial charge in [-0.2, -0.15) is 0 Å². The Morgan fingerprint density at radius 1 is 1.11 bits per heavy atom. The second-order valence-corrected chi connectivity index (χ2v) is 8.61. The molecule has 2 aromatic rings. The molecule has 198 valence electrons. The molecule has 0 heterocycles. The molecule has 0 radical (unpaired) electrons. The van der Waals surface area contributed by atoms with Crippen LogP contribution >= 0.6 is 0 Å². The van der Waals surface area contributed by atoms with Gasteiger partial charge in [-0.3, -0.25) is 4.79 Å².